The number of carbonyl (C=O) groups excluding carboxylic acids is 1. The molecule has 1 aliphatic rings. The number of benzene rings is 2. The first kappa shape index (κ1) is 20.2. The van der Waals surface area contributed by atoms with Gasteiger partial charge in [-0.3, -0.25) is 4.79 Å². The fraction of sp³-hybridized carbons (Fsp3) is 0.360. The maximum Gasteiger partial charge on any atom is 0.253 e. The maximum atomic E-state index is 13.1. The molecular formula is C25H29N3O2. The largest absolute Gasteiger partial charge is 0.497 e. The molecule has 2 N–H and O–H groups in total. The Morgan fingerprint density at radius 3 is 2.50 bits per heavy atom. The number of aromatic nitrogens is 1. The zero-order valence-electron chi connectivity index (χ0n) is 17.8. The highest BCUT2D eigenvalue weighted by Gasteiger charge is 2.28. The van der Waals surface area contributed by atoms with Gasteiger partial charge in [0.15, 0.2) is 0 Å². The highest BCUT2D eigenvalue weighted by molar-refractivity contribution is 6.09. The number of ether oxygens (including phenoxy) is 1. The Kier molecular flexibility index (Phi) is 5.88. The van der Waals surface area contributed by atoms with E-state index in [9.17, 15) is 4.79 Å². The van der Waals surface area contributed by atoms with E-state index in [4.69, 9.17) is 4.74 Å². The summed E-state index contributed by atoms with van der Waals surface area (Å²) >= 11 is 0. The lowest BCUT2D eigenvalue weighted by atomic mass is 9.78. The average Bonchev–Trinajstić information content (AvgIpc) is 2.77. The van der Waals surface area contributed by atoms with Gasteiger partial charge >= 0.3 is 0 Å². The van der Waals surface area contributed by atoms with Crippen LogP contribution in [0.4, 0.5) is 11.5 Å². The van der Waals surface area contributed by atoms with Gasteiger partial charge < -0.3 is 15.4 Å². The number of nitrogens with one attached hydrogen (secondary N) is 2. The zero-order chi connectivity index (χ0) is 21.1. The first-order chi connectivity index (χ1) is 14.6. The third-order valence-corrected chi connectivity index (χ3v) is 6.42. The predicted molar refractivity (Wildman–Crippen MR) is 121 cm³/mol. The number of methoxy groups -OCH3 is 1. The van der Waals surface area contributed by atoms with Gasteiger partial charge in [0.2, 0.25) is 0 Å². The third-order valence-electron chi connectivity index (χ3n) is 6.42. The molecule has 1 amide bonds. The number of anilines is 2. The van der Waals surface area contributed by atoms with Gasteiger partial charge in [0, 0.05) is 23.3 Å². The smallest absolute Gasteiger partial charge is 0.253 e. The number of carbonyl (C=O) groups is 1. The second kappa shape index (κ2) is 8.74. The van der Waals surface area contributed by atoms with Crippen LogP contribution < -0.4 is 15.4 Å². The highest BCUT2D eigenvalue weighted by atomic mass is 16.5. The molecule has 5 nitrogen and oxygen atoms in total. The van der Waals surface area contributed by atoms with Gasteiger partial charge in [0.05, 0.1) is 12.7 Å². The molecule has 156 valence electrons. The van der Waals surface area contributed by atoms with Crippen LogP contribution in [0.3, 0.4) is 0 Å². The summed E-state index contributed by atoms with van der Waals surface area (Å²) in [5, 5.41) is 8.46. The van der Waals surface area contributed by atoms with Crippen LogP contribution in [0.5, 0.6) is 5.75 Å². The molecule has 1 aromatic heterocycles. The quantitative estimate of drug-likeness (QED) is 0.587. The van der Waals surface area contributed by atoms with E-state index < -0.39 is 0 Å². The molecule has 3 aromatic rings. The van der Waals surface area contributed by atoms with Crippen molar-refractivity contribution in [3.8, 4) is 5.75 Å². The van der Waals surface area contributed by atoms with E-state index in [0.717, 1.165) is 34.4 Å². The summed E-state index contributed by atoms with van der Waals surface area (Å²) in [7, 11) is 1.65. The molecule has 0 saturated heterocycles. The van der Waals surface area contributed by atoms with E-state index >= 15 is 0 Å². The molecule has 0 radical (unpaired) electrons. The summed E-state index contributed by atoms with van der Waals surface area (Å²) in [6, 6.07) is 15.8. The lowest BCUT2D eigenvalue weighted by Gasteiger charge is -2.34. The molecule has 0 unspecified atom stereocenters. The minimum atomic E-state index is -0.0411. The Morgan fingerprint density at radius 2 is 1.77 bits per heavy atom. The van der Waals surface area contributed by atoms with E-state index in [1.807, 2.05) is 48.5 Å². The summed E-state index contributed by atoms with van der Waals surface area (Å²) < 4.78 is 5.22. The standard InChI is InChI=1S/C25H29N3O2/c1-16-7-6-10-23(17(16)2)28-25(29)22-15-26-24(21-9-5-4-8-20(21)22)27-18-11-13-19(30-3)14-12-18/h4-5,8-9,11-17,23H,6-7,10H2,1-3H3,(H,26,27)(H,28,29)/t16-,17+,23-/m1/s1. The van der Waals surface area contributed by atoms with Crippen LogP contribution >= 0.6 is 0 Å². The number of hydrogen-bond donors (Lipinski definition) is 2. The zero-order valence-corrected chi connectivity index (χ0v) is 17.8. The fourth-order valence-electron chi connectivity index (χ4n) is 4.32. The molecule has 2 aromatic carbocycles. The van der Waals surface area contributed by atoms with Crippen molar-refractivity contribution in [1.29, 1.82) is 0 Å². The van der Waals surface area contributed by atoms with Gasteiger partial charge in [-0.25, -0.2) is 4.98 Å². The Morgan fingerprint density at radius 1 is 1.03 bits per heavy atom. The van der Waals surface area contributed by atoms with Gasteiger partial charge in [-0.2, -0.15) is 0 Å². The number of fused-ring (bicyclic) bond motifs is 1. The summed E-state index contributed by atoms with van der Waals surface area (Å²) in [6.45, 7) is 4.52. The van der Waals surface area contributed by atoms with Crippen molar-refractivity contribution in [2.24, 2.45) is 11.8 Å². The van der Waals surface area contributed by atoms with Crippen molar-refractivity contribution in [3.63, 3.8) is 0 Å². The van der Waals surface area contributed by atoms with Crippen molar-refractivity contribution in [1.82, 2.24) is 10.3 Å². The minimum absolute atomic E-state index is 0.0411. The van der Waals surface area contributed by atoms with Crippen LogP contribution in [0.2, 0.25) is 0 Å². The molecule has 1 fully saturated rings. The van der Waals surface area contributed by atoms with Crippen molar-refractivity contribution in [3.05, 3.63) is 60.3 Å². The van der Waals surface area contributed by atoms with Crippen LogP contribution in [0, 0.1) is 11.8 Å². The average molecular weight is 404 g/mol. The van der Waals surface area contributed by atoms with E-state index in [1.165, 1.54) is 12.8 Å². The number of nitrogens with zero attached hydrogens (tertiary/aromatic N) is 1. The second-order valence-electron chi connectivity index (χ2n) is 8.27. The minimum Gasteiger partial charge on any atom is -0.497 e. The van der Waals surface area contributed by atoms with E-state index in [0.29, 0.717) is 17.4 Å². The molecule has 5 heteroatoms. The van der Waals surface area contributed by atoms with Crippen molar-refractivity contribution < 1.29 is 9.53 Å². The van der Waals surface area contributed by atoms with Crippen LogP contribution in [-0.2, 0) is 0 Å². The Labute approximate surface area is 177 Å². The summed E-state index contributed by atoms with van der Waals surface area (Å²) in [4.78, 5) is 17.7. The molecule has 0 spiro atoms. The first-order valence-corrected chi connectivity index (χ1v) is 10.7. The van der Waals surface area contributed by atoms with E-state index in [-0.39, 0.29) is 11.9 Å². The number of rotatable bonds is 5. The maximum absolute atomic E-state index is 13.1. The van der Waals surface area contributed by atoms with Crippen molar-refractivity contribution in [2.75, 3.05) is 12.4 Å². The number of pyridine rings is 1. The van der Waals surface area contributed by atoms with Crippen molar-refractivity contribution in [2.45, 2.75) is 39.2 Å². The normalized spacial score (nSPS) is 21.2. The molecule has 1 saturated carbocycles. The van der Waals surface area contributed by atoms with Gasteiger partial charge in [-0.05, 0) is 47.9 Å². The monoisotopic (exact) mass is 403 g/mol. The Balaban J connectivity index is 1.60. The molecule has 1 heterocycles. The van der Waals surface area contributed by atoms with Crippen molar-refractivity contribution >= 4 is 28.2 Å². The SMILES string of the molecule is COc1ccc(Nc2ncc(C(=O)N[C@@H]3CCC[C@@H](C)[C@@H]3C)c3ccccc23)cc1. The Hall–Kier alpha value is -3.08. The number of amides is 1. The summed E-state index contributed by atoms with van der Waals surface area (Å²) in [5.41, 5.74) is 1.53. The molecule has 4 rings (SSSR count). The van der Waals surface area contributed by atoms with Gasteiger partial charge in [0.25, 0.3) is 5.91 Å². The molecule has 0 aliphatic heterocycles. The molecule has 3 atom stereocenters. The fourth-order valence-corrected chi connectivity index (χ4v) is 4.32. The van der Waals surface area contributed by atoms with E-state index in [2.05, 4.69) is 29.5 Å². The van der Waals surface area contributed by atoms with Crippen LogP contribution in [0.1, 0.15) is 43.5 Å². The van der Waals surface area contributed by atoms with Gasteiger partial charge in [-0.15, -0.1) is 0 Å². The lowest BCUT2D eigenvalue weighted by molar-refractivity contribution is 0.0892. The summed E-state index contributed by atoms with van der Waals surface area (Å²) in [6.07, 6.45) is 5.13. The molecular weight excluding hydrogens is 374 g/mol. The topological polar surface area (TPSA) is 63.2 Å². The highest BCUT2D eigenvalue weighted by Crippen LogP contribution is 2.31. The van der Waals surface area contributed by atoms with Crippen LogP contribution in [0.15, 0.2) is 54.7 Å². The van der Waals surface area contributed by atoms with Gasteiger partial charge in [-0.1, -0.05) is 51.0 Å². The summed E-state index contributed by atoms with van der Waals surface area (Å²) in [5.74, 6) is 2.61. The second-order valence-corrected chi connectivity index (χ2v) is 8.27. The Bertz CT molecular complexity index is 1030. The third kappa shape index (κ3) is 4.11. The predicted octanol–water partition coefficient (Wildman–Crippen LogP) is 5.54. The lowest BCUT2D eigenvalue weighted by Crippen LogP contribution is -2.43. The molecule has 1 aliphatic carbocycles. The van der Waals surface area contributed by atoms with E-state index in [1.54, 1.807) is 13.3 Å². The van der Waals surface area contributed by atoms with Crippen LogP contribution in [-0.4, -0.2) is 24.0 Å². The molecule has 30 heavy (non-hydrogen) atoms. The van der Waals surface area contributed by atoms with Crippen LogP contribution in [0.25, 0.3) is 10.8 Å². The molecule has 0 bridgehead atoms. The van der Waals surface area contributed by atoms with Gasteiger partial charge in [0.1, 0.15) is 11.6 Å². The number of hydrogen-bond acceptors (Lipinski definition) is 4. The first-order valence-electron chi connectivity index (χ1n) is 10.7.